The highest BCUT2D eigenvalue weighted by Gasteiger charge is 2.24. The van der Waals surface area contributed by atoms with Crippen molar-refractivity contribution in [1.82, 2.24) is 4.90 Å². The molecule has 0 spiro atoms. The molecule has 3 aromatic rings. The molecule has 1 saturated heterocycles. The first-order valence-corrected chi connectivity index (χ1v) is 11.4. The number of carbonyl (C=O) groups is 1. The van der Waals surface area contributed by atoms with E-state index in [2.05, 4.69) is 4.90 Å². The van der Waals surface area contributed by atoms with Gasteiger partial charge < -0.3 is 10.8 Å². The number of urea groups is 1. The number of piperidine rings is 1. The Morgan fingerprint density at radius 3 is 2.33 bits per heavy atom. The summed E-state index contributed by atoms with van der Waals surface area (Å²) >= 11 is 0. The predicted molar refractivity (Wildman–Crippen MR) is 129 cm³/mol. The summed E-state index contributed by atoms with van der Waals surface area (Å²) in [6.45, 7) is 2.37. The molecule has 0 unspecified atom stereocenters. The van der Waals surface area contributed by atoms with Gasteiger partial charge in [-0.25, -0.2) is 9.18 Å². The van der Waals surface area contributed by atoms with Crippen LogP contribution in [0.25, 0.3) is 0 Å². The van der Waals surface area contributed by atoms with Crippen LogP contribution in [0.3, 0.4) is 0 Å². The van der Waals surface area contributed by atoms with Crippen LogP contribution in [0, 0.1) is 11.7 Å². The fourth-order valence-electron chi connectivity index (χ4n) is 4.65. The first kappa shape index (κ1) is 23.0. The molecule has 2 amide bonds. The lowest BCUT2D eigenvalue weighted by Gasteiger charge is -2.34. The van der Waals surface area contributed by atoms with Gasteiger partial charge in [0.1, 0.15) is 5.82 Å². The first-order valence-electron chi connectivity index (χ1n) is 11.4. The Hall–Kier alpha value is -3.22. The van der Waals surface area contributed by atoms with Crippen LogP contribution in [-0.2, 0) is 19.6 Å². The maximum atomic E-state index is 13.2. The lowest BCUT2D eigenvalue weighted by molar-refractivity contribution is 0.175. The van der Waals surface area contributed by atoms with Crippen molar-refractivity contribution in [3.05, 3.63) is 95.3 Å². The van der Waals surface area contributed by atoms with E-state index >= 15 is 0 Å². The van der Waals surface area contributed by atoms with Crippen LogP contribution in [0.15, 0.2) is 72.8 Å². The van der Waals surface area contributed by atoms with Gasteiger partial charge in [0.2, 0.25) is 0 Å². The highest BCUT2D eigenvalue weighted by atomic mass is 19.1. The topological polar surface area (TPSA) is 69.8 Å². The molecule has 0 bridgehead atoms. The van der Waals surface area contributed by atoms with Crippen LogP contribution >= 0.6 is 0 Å². The number of rotatable bonds is 7. The van der Waals surface area contributed by atoms with Gasteiger partial charge in [-0.2, -0.15) is 0 Å². The van der Waals surface area contributed by atoms with E-state index in [9.17, 15) is 14.3 Å². The number of nitrogens with zero attached hydrogens (tertiary/aromatic N) is 2. The van der Waals surface area contributed by atoms with Crippen LogP contribution in [0.5, 0.6) is 0 Å². The van der Waals surface area contributed by atoms with Crippen molar-refractivity contribution < 1.29 is 14.3 Å². The number of aliphatic hydroxyl groups excluding tert-OH is 1. The Morgan fingerprint density at radius 2 is 1.70 bits per heavy atom. The van der Waals surface area contributed by atoms with E-state index in [1.165, 1.54) is 22.6 Å². The largest absolute Gasteiger partial charge is 0.392 e. The number of aliphatic hydroxyl groups is 1. The second kappa shape index (κ2) is 10.6. The maximum Gasteiger partial charge on any atom is 0.323 e. The van der Waals surface area contributed by atoms with Crippen molar-refractivity contribution in [3.8, 4) is 0 Å². The molecule has 0 aromatic heterocycles. The highest BCUT2D eigenvalue weighted by Crippen LogP contribution is 2.33. The quantitative estimate of drug-likeness (QED) is 0.536. The zero-order valence-electron chi connectivity index (χ0n) is 18.7. The van der Waals surface area contributed by atoms with E-state index in [1.807, 2.05) is 60.7 Å². The molecule has 1 heterocycles. The predicted octanol–water partition coefficient (Wildman–Crippen LogP) is 4.99. The monoisotopic (exact) mass is 447 g/mol. The smallest absolute Gasteiger partial charge is 0.323 e. The first-order chi connectivity index (χ1) is 16.0. The fraction of sp³-hybridized carbons (Fsp3) is 0.296. The summed E-state index contributed by atoms with van der Waals surface area (Å²) in [6, 6.07) is 21.2. The Kier molecular flexibility index (Phi) is 7.37. The van der Waals surface area contributed by atoms with Gasteiger partial charge in [0, 0.05) is 6.54 Å². The Morgan fingerprint density at radius 1 is 1.00 bits per heavy atom. The number of carbonyl (C=O) groups excluding carboxylic acids is 1. The molecule has 5 nitrogen and oxygen atoms in total. The second-order valence-electron chi connectivity index (χ2n) is 8.63. The zero-order chi connectivity index (χ0) is 23.2. The lowest BCUT2D eigenvalue weighted by Crippen LogP contribution is -2.36. The number of anilines is 2. The molecule has 4 rings (SSSR count). The molecule has 0 saturated carbocycles. The van der Waals surface area contributed by atoms with Gasteiger partial charge in [0.15, 0.2) is 0 Å². The third-order valence-electron chi connectivity index (χ3n) is 6.42. The Balaban J connectivity index is 1.50. The number of hydrogen-bond donors (Lipinski definition) is 2. The number of amides is 2. The number of primary amides is 1. The summed E-state index contributed by atoms with van der Waals surface area (Å²) < 4.78 is 13.2. The number of likely N-dealkylation sites (tertiary alicyclic amines) is 1. The minimum absolute atomic E-state index is 0.106. The fourth-order valence-corrected chi connectivity index (χ4v) is 4.65. The van der Waals surface area contributed by atoms with Crippen LogP contribution in [0.1, 0.15) is 29.5 Å². The summed E-state index contributed by atoms with van der Waals surface area (Å²) in [4.78, 5) is 16.3. The van der Waals surface area contributed by atoms with E-state index in [1.54, 1.807) is 0 Å². The summed E-state index contributed by atoms with van der Waals surface area (Å²) in [6.07, 6.45) is 3.05. The Labute approximate surface area is 194 Å². The van der Waals surface area contributed by atoms with E-state index < -0.39 is 6.03 Å². The standard InChI is InChI=1S/C27H30FN3O2/c28-23-11-9-20(10-12-23)17-21-13-15-30(16-14-21)18-25-22(19-32)5-4-8-26(25)31(27(29)33)24-6-2-1-3-7-24/h1-12,21,32H,13-19H2,(H2,29,33). The van der Waals surface area contributed by atoms with Crippen molar-refractivity contribution in [2.75, 3.05) is 18.0 Å². The van der Waals surface area contributed by atoms with Gasteiger partial charge in [0.25, 0.3) is 0 Å². The van der Waals surface area contributed by atoms with E-state index in [0.717, 1.165) is 43.5 Å². The minimum atomic E-state index is -0.560. The molecule has 6 heteroatoms. The highest BCUT2D eigenvalue weighted by molar-refractivity contribution is 5.99. The minimum Gasteiger partial charge on any atom is -0.392 e. The summed E-state index contributed by atoms with van der Waals surface area (Å²) in [7, 11) is 0. The van der Waals surface area contributed by atoms with Crippen molar-refractivity contribution in [1.29, 1.82) is 0 Å². The molecular formula is C27H30FN3O2. The average Bonchev–Trinajstić information content (AvgIpc) is 2.83. The number of nitrogens with two attached hydrogens (primary N) is 1. The van der Waals surface area contributed by atoms with Gasteiger partial charge in [-0.05, 0) is 85.3 Å². The Bertz CT molecular complexity index is 1060. The molecule has 1 fully saturated rings. The molecule has 3 aromatic carbocycles. The zero-order valence-corrected chi connectivity index (χ0v) is 18.7. The third kappa shape index (κ3) is 5.59. The number of hydrogen-bond acceptors (Lipinski definition) is 3. The number of para-hydroxylation sites is 1. The SMILES string of the molecule is NC(=O)N(c1ccccc1)c1cccc(CO)c1CN1CCC(Cc2ccc(F)cc2)CC1. The maximum absolute atomic E-state index is 13.2. The third-order valence-corrected chi connectivity index (χ3v) is 6.42. The molecule has 0 aliphatic carbocycles. The molecule has 3 N–H and O–H groups in total. The molecule has 1 aliphatic rings. The number of halogens is 1. The van der Waals surface area contributed by atoms with E-state index in [0.29, 0.717) is 23.8 Å². The molecule has 0 atom stereocenters. The lowest BCUT2D eigenvalue weighted by atomic mass is 9.90. The molecule has 1 aliphatic heterocycles. The van der Waals surface area contributed by atoms with Crippen LogP contribution in [0.2, 0.25) is 0 Å². The summed E-state index contributed by atoms with van der Waals surface area (Å²) in [5.41, 5.74) is 10.1. The molecule has 33 heavy (non-hydrogen) atoms. The van der Waals surface area contributed by atoms with Gasteiger partial charge in [-0.3, -0.25) is 9.80 Å². The van der Waals surface area contributed by atoms with Crippen molar-refractivity contribution in [2.24, 2.45) is 11.7 Å². The van der Waals surface area contributed by atoms with Crippen LogP contribution in [-0.4, -0.2) is 29.1 Å². The average molecular weight is 448 g/mol. The van der Waals surface area contributed by atoms with Gasteiger partial charge in [0.05, 0.1) is 18.0 Å². The summed E-state index contributed by atoms with van der Waals surface area (Å²) in [5.74, 6) is 0.359. The van der Waals surface area contributed by atoms with Crippen LogP contribution in [0.4, 0.5) is 20.6 Å². The molecule has 0 radical (unpaired) electrons. The van der Waals surface area contributed by atoms with E-state index in [4.69, 9.17) is 5.73 Å². The molecule has 172 valence electrons. The van der Waals surface area contributed by atoms with Crippen LogP contribution < -0.4 is 10.6 Å². The van der Waals surface area contributed by atoms with Crippen molar-refractivity contribution in [3.63, 3.8) is 0 Å². The van der Waals surface area contributed by atoms with Crippen molar-refractivity contribution in [2.45, 2.75) is 32.4 Å². The van der Waals surface area contributed by atoms with Gasteiger partial charge >= 0.3 is 6.03 Å². The molecular weight excluding hydrogens is 417 g/mol. The summed E-state index contributed by atoms with van der Waals surface area (Å²) in [5, 5.41) is 10.0. The number of benzene rings is 3. The normalized spacial score (nSPS) is 14.8. The van der Waals surface area contributed by atoms with Crippen molar-refractivity contribution >= 4 is 17.4 Å². The van der Waals surface area contributed by atoms with Gasteiger partial charge in [-0.1, -0.05) is 42.5 Å². The van der Waals surface area contributed by atoms with Gasteiger partial charge in [-0.15, -0.1) is 0 Å². The second-order valence-corrected chi connectivity index (χ2v) is 8.63. The van der Waals surface area contributed by atoms with E-state index in [-0.39, 0.29) is 12.4 Å².